The van der Waals surface area contributed by atoms with Gasteiger partial charge in [0.15, 0.2) is 0 Å². The highest BCUT2D eigenvalue weighted by atomic mass is 16.3. The minimum atomic E-state index is 0.321. The van der Waals surface area contributed by atoms with E-state index in [1.54, 1.807) is 6.07 Å². The average molecular weight is 148 g/mol. The Bertz CT molecular complexity index is 270. The van der Waals surface area contributed by atoms with Crippen molar-refractivity contribution in [3.63, 3.8) is 0 Å². The van der Waals surface area contributed by atoms with Gasteiger partial charge in [-0.05, 0) is 24.5 Å². The van der Waals surface area contributed by atoms with E-state index in [1.807, 2.05) is 12.1 Å². The van der Waals surface area contributed by atoms with Gasteiger partial charge in [0.05, 0.1) is 0 Å². The third-order valence-electron chi connectivity index (χ3n) is 1.97. The van der Waals surface area contributed by atoms with E-state index in [-0.39, 0.29) is 0 Å². The molecule has 0 saturated heterocycles. The van der Waals surface area contributed by atoms with Gasteiger partial charge in [0.1, 0.15) is 11.4 Å². The smallest absolute Gasteiger partial charge is 0.141 e. The summed E-state index contributed by atoms with van der Waals surface area (Å²) in [6.45, 7) is 0.852. The molecule has 1 N–H and O–H groups in total. The van der Waals surface area contributed by atoms with E-state index in [0.717, 1.165) is 25.1 Å². The standard InChI is InChI=1S/C9H10NO/c11-8-5-1-3-7-4-2-6-10-9(7)8/h1,3,5,11H,2,4,6H2. The van der Waals surface area contributed by atoms with Crippen molar-refractivity contribution in [2.45, 2.75) is 12.8 Å². The molecule has 0 aliphatic carbocycles. The third kappa shape index (κ3) is 1.04. The van der Waals surface area contributed by atoms with Gasteiger partial charge in [-0.3, -0.25) is 5.32 Å². The zero-order valence-electron chi connectivity index (χ0n) is 6.25. The topological polar surface area (TPSA) is 34.3 Å². The molecule has 0 amide bonds. The van der Waals surface area contributed by atoms with E-state index in [9.17, 15) is 5.11 Å². The molecule has 2 heteroatoms. The number of rotatable bonds is 0. The Morgan fingerprint density at radius 2 is 2.27 bits per heavy atom. The predicted molar refractivity (Wildman–Crippen MR) is 43.1 cm³/mol. The van der Waals surface area contributed by atoms with Gasteiger partial charge in [-0.15, -0.1) is 0 Å². The zero-order chi connectivity index (χ0) is 7.68. The average Bonchev–Trinajstić information content (AvgIpc) is 2.06. The van der Waals surface area contributed by atoms with Crippen molar-refractivity contribution in [3.8, 4) is 5.75 Å². The quantitative estimate of drug-likeness (QED) is 0.595. The van der Waals surface area contributed by atoms with Crippen molar-refractivity contribution in [2.24, 2.45) is 0 Å². The highest BCUT2D eigenvalue weighted by Gasteiger charge is 2.12. The van der Waals surface area contributed by atoms with Gasteiger partial charge in [0.25, 0.3) is 0 Å². The normalized spacial score (nSPS) is 15.3. The number of aryl methyl sites for hydroxylation is 1. The number of phenols is 1. The highest BCUT2D eigenvalue weighted by Crippen LogP contribution is 2.30. The molecule has 1 aliphatic rings. The Labute approximate surface area is 65.9 Å². The minimum absolute atomic E-state index is 0.321. The molecular weight excluding hydrogens is 138 g/mol. The first kappa shape index (κ1) is 6.53. The fourth-order valence-electron chi connectivity index (χ4n) is 1.42. The first-order chi connectivity index (χ1) is 5.38. The third-order valence-corrected chi connectivity index (χ3v) is 1.97. The molecule has 0 fully saturated rings. The summed E-state index contributed by atoms with van der Waals surface area (Å²) in [5.41, 5.74) is 1.98. The number of hydrogen-bond acceptors (Lipinski definition) is 1. The second-order valence-corrected chi connectivity index (χ2v) is 2.77. The molecule has 1 aromatic carbocycles. The van der Waals surface area contributed by atoms with Crippen LogP contribution < -0.4 is 5.32 Å². The summed E-state index contributed by atoms with van der Waals surface area (Å²) in [6.07, 6.45) is 2.16. The lowest BCUT2D eigenvalue weighted by atomic mass is 10.0. The fourth-order valence-corrected chi connectivity index (χ4v) is 1.42. The van der Waals surface area contributed by atoms with Gasteiger partial charge < -0.3 is 5.11 Å². The summed E-state index contributed by atoms with van der Waals surface area (Å²) in [4.78, 5) is 0. The van der Waals surface area contributed by atoms with E-state index in [0.29, 0.717) is 5.75 Å². The summed E-state index contributed by atoms with van der Waals surface area (Å²) in [5.74, 6) is 0.321. The SMILES string of the molecule is Oc1cccc2c1[N]CCC2. The summed E-state index contributed by atoms with van der Waals surface area (Å²) in [5, 5.41) is 13.6. The van der Waals surface area contributed by atoms with Crippen LogP contribution in [0.15, 0.2) is 18.2 Å². The van der Waals surface area contributed by atoms with Crippen molar-refractivity contribution in [1.82, 2.24) is 5.32 Å². The fraction of sp³-hybridized carbons (Fsp3) is 0.333. The molecule has 57 valence electrons. The lowest BCUT2D eigenvalue weighted by Crippen LogP contribution is -2.10. The van der Waals surface area contributed by atoms with Gasteiger partial charge in [-0.1, -0.05) is 12.1 Å². The van der Waals surface area contributed by atoms with Crippen LogP contribution in [0.25, 0.3) is 0 Å². The van der Waals surface area contributed by atoms with Gasteiger partial charge in [-0.2, -0.15) is 0 Å². The second-order valence-electron chi connectivity index (χ2n) is 2.77. The largest absolute Gasteiger partial charge is 0.506 e. The van der Waals surface area contributed by atoms with Crippen molar-refractivity contribution < 1.29 is 5.11 Å². The van der Waals surface area contributed by atoms with Crippen LogP contribution in [0.3, 0.4) is 0 Å². The van der Waals surface area contributed by atoms with Crippen molar-refractivity contribution in [1.29, 1.82) is 0 Å². The first-order valence-corrected chi connectivity index (χ1v) is 3.86. The summed E-state index contributed by atoms with van der Waals surface area (Å²) >= 11 is 0. The molecule has 0 aromatic heterocycles. The monoisotopic (exact) mass is 148 g/mol. The van der Waals surface area contributed by atoms with Crippen molar-refractivity contribution in [2.75, 3.05) is 6.54 Å². The molecule has 0 spiro atoms. The summed E-state index contributed by atoms with van der Waals surface area (Å²) in [7, 11) is 0. The number of para-hydroxylation sites is 1. The zero-order valence-corrected chi connectivity index (χ0v) is 6.25. The van der Waals surface area contributed by atoms with Crippen LogP contribution >= 0.6 is 0 Å². The van der Waals surface area contributed by atoms with Crippen LogP contribution in [-0.4, -0.2) is 11.7 Å². The lowest BCUT2D eigenvalue weighted by molar-refractivity contribution is 0.469. The lowest BCUT2D eigenvalue weighted by Gasteiger charge is -2.15. The Balaban J connectivity index is 2.49. The maximum Gasteiger partial charge on any atom is 0.141 e. The van der Waals surface area contributed by atoms with E-state index in [4.69, 9.17) is 0 Å². The predicted octanol–water partition coefficient (Wildman–Crippen LogP) is 1.57. The molecule has 1 heterocycles. The number of hydrogen-bond donors (Lipinski definition) is 1. The number of nitrogens with zero attached hydrogens (tertiary/aromatic N) is 1. The first-order valence-electron chi connectivity index (χ1n) is 3.86. The molecule has 0 unspecified atom stereocenters. The maximum absolute atomic E-state index is 9.36. The van der Waals surface area contributed by atoms with E-state index < -0.39 is 0 Å². The van der Waals surface area contributed by atoms with Crippen LogP contribution in [0, 0.1) is 0 Å². The Kier molecular flexibility index (Phi) is 1.46. The second kappa shape index (κ2) is 2.46. The molecule has 0 bridgehead atoms. The molecule has 2 rings (SSSR count). The molecule has 11 heavy (non-hydrogen) atoms. The van der Waals surface area contributed by atoms with Crippen molar-refractivity contribution >= 4 is 5.69 Å². The molecular formula is C9H10NO. The van der Waals surface area contributed by atoms with E-state index >= 15 is 0 Å². The summed E-state index contributed by atoms with van der Waals surface area (Å²) < 4.78 is 0. The van der Waals surface area contributed by atoms with Crippen LogP contribution in [0.1, 0.15) is 12.0 Å². The number of phenolic OH excluding ortho intramolecular Hbond substituents is 1. The molecule has 2 nitrogen and oxygen atoms in total. The molecule has 1 aliphatic heterocycles. The minimum Gasteiger partial charge on any atom is -0.506 e. The van der Waals surface area contributed by atoms with Crippen LogP contribution in [0.5, 0.6) is 5.75 Å². The molecule has 0 atom stereocenters. The Hall–Kier alpha value is -1.18. The van der Waals surface area contributed by atoms with Crippen LogP contribution in [-0.2, 0) is 6.42 Å². The van der Waals surface area contributed by atoms with E-state index in [1.165, 1.54) is 5.56 Å². The number of aromatic hydroxyl groups is 1. The molecule has 1 radical (unpaired) electrons. The maximum atomic E-state index is 9.36. The highest BCUT2D eigenvalue weighted by molar-refractivity contribution is 5.57. The van der Waals surface area contributed by atoms with Gasteiger partial charge in [0, 0.05) is 6.54 Å². The molecule has 0 saturated carbocycles. The summed E-state index contributed by atoms with van der Waals surface area (Å²) in [6, 6.07) is 5.58. The van der Waals surface area contributed by atoms with Crippen LogP contribution in [0.2, 0.25) is 0 Å². The Morgan fingerprint density at radius 3 is 3.09 bits per heavy atom. The Morgan fingerprint density at radius 1 is 1.36 bits per heavy atom. The molecule has 1 aromatic rings. The number of benzene rings is 1. The van der Waals surface area contributed by atoms with Gasteiger partial charge in [-0.25, -0.2) is 0 Å². The van der Waals surface area contributed by atoms with Crippen molar-refractivity contribution in [3.05, 3.63) is 23.8 Å². The van der Waals surface area contributed by atoms with Crippen LogP contribution in [0.4, 0.5) is 5.69 Å². The van der Waals surface area contributed by atoms with Gasteiger partial charge in [0.2, 0.25) is 0 Å². The number of fused-ring (bicyclic) bond motifs is 1. The van der Waals surface area contributed by atoms with Gasteiger partial charge >= 0.3 is 0 Å². The van der Waals surface area contributed by atoms with E-state index in [2.05, 4.69) is 5.32 Å².